The molecule has 2 aliphatic carbocycles. The van der Waals surface area contributed by atoms with Crippen LogP contribution >= 0.6 is 17.0 Å². The Kier molecular flexibility index (Phi) is 5.72. The molecule has 2 unspecified atom stereocenters. The molecule has 2 nitrogen and oxygen atoms in total. The Morgan fingerprint density at radius 1 is 0.767 bits per heavy atom. The molecule has 0 spiro atoms. The van der Waals surface area contributed by atoms with E-state index in [1.807, 2.05) is 12.1 Å². The number of hydrogen-bond acceptors (Lipinski definition) is 2. The Labute approximate surface area is 187 Å². The van der Waals surface area contributed by atoms with Gasteiger partial charge in [-0.25, -0.2) is 0 Å². The topological polar surface area (TPSA) is 18.5 Å². The number of rotatable bonds is 4. The normalized spacial score (nSPS) is 20.3. The van der Waals surface area contributed by atoms with Gasteiger partial charge in [0.1, 0.15) is 0 Å². The van der Waals surface area contributed by atoms with Crippen molar-refractivity contribution in [3.05, 3.63) is 69.8 Å². The van der Waals surface area contributed by atoms with Gasteiger partial charge in [0, 0.05) is 0 Å². The third-order valence-corrected chi connectivity index (χ3v) is 53.9. The van der Waals surface area contributed by atoms with Crippen LogP contribution in [0, 0.1) is 0 Å². The molecule has 30 heavy (non-hydrogen) atoms. The molecule has 2 aliphatic rings. The fraction of sp³-hybridized carbons (Fsp3) is 0.333. The summed E-state index contributed by atoms with van der Waals surface area (Å²) in [4.78, 5) is 0. The number of benzene rings is 2. The second kappa shape index (κ2) is 7.66. The monoisotopic (exact) mass is 536 g/mol. The fourth-order valence-corrected chi connectivity index (χ4v) is 36.0. The molecular formula is C24H28Cl2O2SiZr. The van der Waals surface area contributed by atoms with Crippen LogP contribution in [0.4, 0.5) is 0 Å². The standard InChI is InChI=1S/2C11H11O.C2H6Si.2ClH.Zr/c2*1-8-6-9-4-3-5-11(12-2)10(9)7-8;1-3-2;;;/h2*3-7H,1-2H3;1-2H3;2*1H;/q;;;;;+2/p-2. The molecule has 0 amide bonds. The van der Waals surface area contributed by atoms with Crippen LogP contribution in [0.2, 0.25) is 13.1 Å². The van der Waals surface area contributed by atoms with Crippen LogP contribution in [0.1, 0.15) is 43.4 Å². The minimum absolute atomic E-state index is 0.0780. The van der Waals surface area contributed by atoms with E-state index >= 15 is 0 Å². The van der Waals surface area contributed by atoms with Crippen LogP contribution in [-0.4, -0.2) is 19.7 Å². The summed E-state index contributed by atoms with van der Waals surface area (Å²) in [7, 11) is 19.5. The van der Waals surface area contributed by atoms with Crippen LogP contribution in [0.5, 0.6) is 11.5 Å². The fourth-order valence-electron chi connectivity index (χ4n) is 5.55. The molecule has 0 aromatic heterocycles. The Hall–Kier alpha value is -0.800. The van der Waals surface area contributed by atoms with E-state index in [1.165, 1.54) is 22.3 Å². The van der Waals surface area contributed by atoms with Crippen LogP contribution in [-0.2, 0) is 15.0 Å². The summed E-state index contributed by atoms with van der Waals surface area (Å²) in [6.45, 7) is 9.00. The van der Waals surface area contributed by atoms with Crippen molar-refractivity contribution in [1.82, 2.24) is 0 Å². The van der Waals surface area contributed by atoms with Crippen LogP contribution in [0.25, 0.3) is 12.2 Å². The van der Waals surface area contributed by atoms with Crippen molar-refractivity contribution in [3.63, 3.8) is 0 Å². The second-order valence-electron chi connectivity index (χ2n) is 8.72. The van der Waals surface area contributed by atoms with E-state index in [1.54, 1.807) is 14.2 Å². The molecule has 4 rings (SSSR count). The molecule has 2 atom stereocenters. The number of ether oxygens (including phenoxy) is 2. The average molecular weight is 539 g/mol. The molecule has 0 saturated heterocycles. The van der Waals surface area contributed by atoms with E-state index < -0.39 is 20.4 Å². The Morgan fingerprint density at radius 2 is 1.17 bits per heavy atom. The van der Waals surface area contributed by atoms with Crippen LogP contribution in [0.15, 0.2) is 47.5 Å². The zero-order valence-electron chi connectivity index (χ0n) is 18.3. The van der Waals surface area contributed by atoms with E-state index in [9.17, 15) is 0 Å². The summed E-state index contributed by atoms with van der Waals surface area (Å²) in [5.74, 6) is 1.78. The first-order valence-electron chi connectivity index (χ1n) is 10.2. The van der Waals surface area contributed by atoms with E-state index in [2.05, 4.69) is 63.4 Å². The second-order valence-corrected chi connectivity index (χ2v) is 47.5. The van der Waals surface area contributed by atoms with E-state index in [0.29, 0.717) is 0 Å². The molecule has 0 radical (unpaired) electrons. The van der Waals surface area contributed by atoms with Gasteiger partial charge >= 0.3 is 189 Å². The number of fused-ring (bicyclic) bond motifs is 2. The van der Waals surface area contributed by atoms with Gasteiger partial charge in [-0.2, -0.15) is 0 Å². The van der Waals surface area contributed by atoms with Gasteiger partial charge in [0.05, 0.1) is 0 Å². The molecule has 2 aromatic carbocycles. The van der Waals surface area contributed by atoms with Gasteiger partial charge < -0.3 is 0 Å². The van der Waals surface area contributed by atoms with Gasteiger partial charge in [0.15, 0.2) is 0 Å². The summed E-state index contributed by atoms with van der Waals surface area (Å²) < 4.78 is 11.5. The predicted molar refractivity (Wildman–Crippen MR) is 128 cm³/mol. The third kappa shape index (κ3) is 2.98. The molecule has 158 valence electrons. The van der Waals surface area contributed by atoms with E-state index in [-0.39, 0.29) is 7.25 Å². The first kappa shape index (κ1) is 22.4. The molecule has 0 N–H and O–H groups in total. The quantitative estimate of drug-likeness (QED) is 0.374. The van der Waals surface area contributed by atoms with Crippen molar-refractivity contribution < 1.29 is 24.5 Å². The number of allylic oxidation sites excluding steroid dienone is 2. The molecule has 0 saturated carbocycles. The minimum atomic E-state index is -4.55. The number of hydrogen-bond donors (Lipinski definition) is 0. The Morgan fingerprint density at radius 3 is 1.50 bits per heavy atom. The molecule has 2 aromatic rings. The van der Waals surface area contributed by atoms with Crippen LogP contribution in [0.3, 0.4) is 0 Å². The van der Waals surface area contributed by atoms with Crippen molar-refractivity contribution in [2.24, 2.45) is 0 Å². The Balaban J connectivity index is 2.04. The van der Waals surface area contributed by atoms with Gasteiger partial charge in [-0.15, -0.1) is 0 Å². The summed E-state index contributed by atoms with van der Waals surface area (Å²) in [6.07, 6.45) is 4.48. The summed E-state index contributed by atoms with van der Waals surface area (Å²) in [5, 5.41) is 0. The molecule has 0 bridgehead atoms. The molecular weight excluding hydrogens is 510 g/mol. The molecule has 0 heterocycles. The van der Waals surface area contributed by atoms with E-state index in [4.69, 9.17) is 26.5 Å². The maximum absolute atomic E-state index is 8.04. The van der Waals surface area contributed by atoms with Gasteiger partial charge in [-0.3, -0.25) is 0 Å². The van der Waals surface area contributed by atoms with Gasteiger partial charge in [0.25, 0.3) is 0 Å². The molecule has 6 heteroatoms. The Bertz CT molecular complexity index is 1100. The third-order valence-electron chi connectivity index (χ3n) is 6.93. The zero-order valence-corrected chi connectivity index (χ0v) is 23.3. The first-order valence-corrected chi connectivity index (χ1v) is 25.6. The van der Waals surface area contributed by atoms with Gasteiger partial charge in [-0.05, 0) is 0 Å². The summed E-state index contributed by atoms with van der Waals surface area (Å²) >= 11 is -4.55. The summed E-state index contributed by atoms with van der Waals surface area (Å²) in [5.41, 5.74) is 6.23. The SMILES string of the molecule is COc1cccc2c1C=C(C)[CH]2[Zr]([Cl])([Cl])([CH]1C(C)=Cc2c(OC)cccc21)=[Si](C)C. The zero-order chi connectivity index (χ0) is 21.9. The molecule has 0 fully saturated rings. The van der Waals surface area contributed by atoms with Gasteiger partial charge in [-0.1, -0.05) is 0 Å². The molecule has 0 aliphatic heterocycles. The van der Waals surface area contributed by atoms with E-state index in [0.717, 1.165) is 22.6 Å². The van der Waals surface area contributed by atoms with Crippen molar-refractivity contribution in [3.8, 4) is 11.5 Å². The predicted octanol–water partition coefficient (Wildman–Crippen LogP) is 7.57. The van der Waals surface area contributed by atoms with Crippen molar-refractivity contribution in [2.45, 2.75) is 34.2 Å². The van der Waals surface area contributed by atoms with Crippen LogP contribution < -0.4 is 9.47 Å². The van der Waals surface area contributed by atoms with Gasteiger partial charge in [0.2, 0.25) is 0 Å². The first-order chi connectivity index (χ1) is 14.1. The van der Waals surface area contributed by atoms with Crippen molar-refractivity contribution in [2.75, 3.05) is 14.2 Å². The van der Waals surface area contributed by atoms with Crippen molar-refractivity contribution in [1.29, 1.82) is 0 Å². The maximum atomic E-state index is 8.04. The number of methoxy groups -OCH3 is 2. The number of halogens is 2. The van der Waals surface area contributed by atoms with Crippen molar-refractivity contribution >= 4 is 34.6 Å². The average Bonchev–Trinajstić information content (AvgIpc) is 3.23. The summed E-state index contributed by atoms with van der Waals surface area (Å²) in [6, 6.07) is 12.5.